The highest BCUT2D eigenvalue weighted by Gasteiger charge is 2.22. The number of anilines is 1. The average molecular weight is 307 g/mol. The van der Waals surface area contributed by atoms with Gasteiger partial charge in [0, 0.05) is 24.8 Å². The second-order valence-corrected chi connectivity index (χ2v) is 6.94. The summed E-state index contributed by atoms with van der Waals surface area (Å²) in [6.07, 6.45) is -0.572. The maximum Gasteiger partial charge on any atom is 0.315 e. The number of carbonyl (C=O) groups is 1. The summed E-state index contributed by atoms with van der Waals surface area (Å²) in [6.45, 7) is 10.7. The summed E-state index contributed by atoms with van der Waals surface area (Å²) in [7, 11) is 0. The number of benzene rings is 1. The molecule has 0 aromatic heterocycles. The molecule has 0 spiro atoms. The van der Waals surface area contributed by atoms with E-state index in [-0.39, 0.29) is 18.0 Å². The Hall–Kier alpha value is -1.75. The van der Waals surface area contributed by atoms with Gasteiger partial charge in [0.15, 0.2) is 0 Å². The molecule has 1 unspecified atom stereocenters. The molecule has 5 heteroatoms. The number of hydrogen-bond acceptors (Lipinski definition) is 3. The van der Waals surface area contributed by atoms with Crippen molar-refractivity contribution >= 4 is 11.7 Å². The van der Waals surface area contributed by atoms with Crippen molar-refractivity contribution in [2.75, 3.05) is 11.9 Å². The summed E-state index contributed by atoms with van der Waals surface area (Å²) in [5, 5.41) is 18.7. The van der Waals surface area contributed by atoms with E-state index in [1.807, 2.05) is 45.0 Å². The summed E-state index contributed by atoms with van der Waals surface area (Å²) < 4.78 is 0. The fourth-order valence-corrected chi connectivity index (χ4v) is 1.84. The first-order valence-electron chi connectivity index (χ1n) is 7.73. The zero-order chi connectivity index (χ0) is 16.8. The van der Waals surface area contributed by atoms with Crippen LogP contribution >= 0.6 is 0 Å². The Bertz CT molecular complexity index is 481. The van der Waals surface area contributed by atoms with Crippen molar-refractivity contribution in [1.29, 1.82) is 0 Å². The minimum atomic E-state index is -0.572. The van der Waals surface area contributed by atoms with E-state index in [1.165, 1.54) is 0 Å². The maximum absolute atomic E-state index is 11.8. The van der Waals surface area contributed by atoms with E-state index in [1.54, 1.807) is 0 Å². The van der Waals surface area contributed by atoms with Crippen LogP contribution in [0, 0.1) is 5.41 Å². The third-order valence-electron chi connectivity index (χ3n) is 3.29. The molecular weight excluding hydrogens is 278 g/mol. The van der Waals surface area contributed by atoms with E-state index >= 15 is 0 Å². The fourth-order valence-electron chi connectivity index (χ4n) is 1.84. The molecule has 1 aromatic rings. The predicted molar refractivity (Wildman–Crippen MR) is 90.9 cm³/mol. The Balaban J connectivity index is 2.41. The lowest BCUT2D eigenvalue weighted by molar-refractivity contribution is 0.0650. The minimum Gasteiger partial charge on any atom is -0.391 e. The van der Waals surface area contributed by atoms with Crippen LogP contribution in [0.1, 0.15) is 40.2 Å². The second-order valence-electron chi connectivity index (χ2n) is 6.94. The molecular formula is C17H29N3O2. The summed E-state index contributed by atoms with van der Waals surface area (Å²) in [5.74, 6) is 0. The van der Waals surface area contributed by atoms with Gasteiger partial charge in [-0.25, -0.2) is 4.79 Å². The largest absolute Gasteiger partial charge is 0.391 e. The molecule has 1 atom stereocenters. The first-order chi connectivity index (χ1) is 10.2. The van der Waals surface area contributed by atoms with E-state index in [0.29, 0.717) is 12.6 Å². The van der Waals surface area contributed by atoms with Crippen LogP contribution in [-0.4, -0.2) is 29.8 Å². The zero-order valence-electron chi connectivity index (χ0n) is 14.2. The fraction of sp³-hybridized carbons (Fsp3) is 0.588. The average Bonchev–Trinajstić information content (AvgIpc) is 2.41. The summed E-state index contributed by atoms with van der Waals surface area (Å²) in [6, 6.07) is 8.04. The summed E-state index contributed by atoms with van der Waals surface area (Å²) >= 11 is 0. The van der Waals surface area contributed by atoms with Gasteiger partial charge in [0.2, 0.25) is 0 Å². The lowest BCUT2D eigenvalue weighted by Gasteiger charge is -2.25. The monoisotopic (exact) mass is 307 g/mol. The van der Waals surface area contributed by atoms with Gasteiger partial charge in [0.25, 0.3) is 0 Å². The highest BCUT2D eigenvalue weighted by atomic mass is 16.3. The number of hydrogen-bond donors (Lipinski definition) is 4. The molecule has 0 saturated heterocycles. The molecule has 0 saturated carbocycles. The molecule has 5 nitrogen and oxygen atoms in total. The molecule has 0 heterocycles. The normalized spacial score (nSPS) is 12.9. The Morgan fingerprint density at radius 3 is 2.50 bits per heavy atom. The van der Waals surface area contributed by atoms with Crippen LogP contribution in [0.15, 0.2) is 24.3 Å². The molecule has 0 aliphatic heterocycles. The van der Waals surface area contributed by atoms with Crippen LogP contribution in [0.5, 0.6) is 0 Å². The number of amides is 2. The number of nitrogens with one attached hydrogen (secondary N) is 3. The predicted octanol–water partition coefficient (Wildman–Crippen LogP) is 2.71. The van der Waals surface area contributed by atoms with Crippen molar-refractivity contribution in [1.82, 2.24) is 10.6 Å². The maximum atomic E-state index is 11.8. The van der Waals surface area contributed by atoms with Crippen LogP contribution in [0.25, 0.3) is 0 Å². The molecule has 22 heavy (non-hydrogen) atoms. The van der Waals surface area contributed by atoms with E-state index in [9.17, 15) is 9.90 Å². The van der Waals surface area contributed by atoms with Crippen molar-refractivity contribution in [3.05, 3.63) is 29.8 Å². The Morgan fingerprint density at radius 2 is 1.91 bits per heavy atom. The number of urea groups is 1. The summed E-state index contributed by atoms with van der Waals surface area (Å²) in [4.78, 5) is 11.8. The SMILES string of the molecule is CC(C)Nc1cccc(CNC(=O)NCC(O)C(C)(C)C)c1. The van der Waals surface area contributed by atoms with Gasteiger partial charge in [-0.15, -0.1) is 0 Å². The molecule has 4 N–H and O–H groups in total. The number of carbonyl (C=O) groups excluding carboxylic acids is 1. The van der Waals surface area contributed by atoms with Gasteiger partial charge in [0.1, 0.15) is 0 Å². The van der Waals surface area contributed by atoms with Gasteiger partial charge in [-0.05, 0) is 37.0 Å². The van der Waals surface area contributed by atoms with Crippen LogP contribution in [-0.2, 0) is 6.54 Å². The Morgan fingerprint density at radius 1 is 1.23 bits per heavy atom. The minimum absolute atomic E-state index is 0.240. The topological polar surface area (TPSA) is 73.4 Å². The van der Waals surface area contributed by atoms with E-state index < -0.39 is 6.10 Å². The number of aliphatic hydroxyl groups excluding tert-OH is 1. The highest BCUT2D eigenvalue weighted by Crippen LogP contribution is 2.18. The van der Waals surface area contributed by atoms with Crippen molar-refractivity contribution < 1.29 is 9.90 Å². The van der Waals surface area contributed by atoms with Crippen LogP contribution in [0.2, 0.25) is 0 Å². The van der Waals surface area contributed by atoms with Gasteiger partial charge < -0.3 is 21.1 Å². The van der Waals surface area contributed by atoms with E-state index in [2.05, 4.69) is 29.8 Å². The lowest BCUT2D eigenvalue weighted by Crippen LogP contribution is -2.43. The van der Waals surface area contributed by atoms with Crippen molar-refractivity contribution in [3.8, 4) is 0 Å². The van der Waals surface area contributed by atoms with Crippen molar-refractivity contribution in [2.45, 2.75) is 53.3 Å². The Labute approximate surface area is 133 Å². The van der Waals surface area contributed by atoms with E-state index in [0.717, 1.165) is 11.3 Å². The van der Waals surface area contributed by atoms with Crippen LogP contribution < -0.4 is 16.0 Å². The van der Waals surface area contributed by atoms with Crippen LogP contribution in [0.4, 0.5) is 10.5 Å². The van der Waals surface area contributed by atoms with Crippen LogP contribution in [0.3, 0.4) is 0 Å². The first kappa shape index (κ1) is 18.3. The number of rotatable bonds is 6. The zero-order valence-corrected chi connectivity index (χ0v) is 14.2. The molecule has 1 rings (SSSR count). The van der Waals surface area contributed by atoms with E-state index in [4.69, 9.17) is 0 Å². The lowest BCUT2D eigenvalue weighted by atomic mass is 9.89. The standard InChI is InChI=1S/C17H29N3O2/c1-12(2)20-14-8-6-7-13(9-14)10-18-16(22)19-11-15(21)17(3,4)5/h6-9,12,15,20-21H,10-11H2,1-5H3,(H2,18,19,22). The van der Waals surface area contributed by atoms with Gasteiger partial charge in [-0.3, -0.25) is 0 Å². The Kier molecular flexibility index (Phi) is 6.68. The molecule has 1 aromatic carbocycles. The summed E-state index contributed by atoms with van der Waals surface area (Å²) in [5.41, 5.74) is 1.82. The smallest absolute Gasteiger partial charge is 0.315 e. The molecule has 0 aliphatic carbocycles. The molecule has 2 amide bonds. The quantitative estimate of drug-likeness (QED) is 0.653. The molecule has 0 fully saturated rings. The van der Waals surface area contributed by atoms with Crippen molar-refractivity contribution in [3.63, 3.8) is 0 Å². The number of aliphatic hydroxyl groups is 1. The van der Waals surface area contributed by atoms with Gasteiger partial charge in [-0.2, -0.15) is 0 Å². The second kappa shape index (κ2) is 8.03. The highest BCUT2D eigenvalue weighted by molar-refractivity contribution is 5.73. The third kappa shape index (κ3) is 6.80. The van der Waals surface area contributed by atoms with Gasteiger partial charge >= 0.3 is 6.03 Å². The van der Waals surface area contributed by atoms with Gasteiger partial charge in [-0.1, -0.05) is 32.9 Å². The van der Waals surface area contributed by atoms with Gasteiger partial charge in [0.05, 0.1) is 6.10 Å². The molecule has 0 radical (unpaired) electrons. The molecule has 124 valence electrons. The molecule has 0 bridgehead atoms. The first-order valence-corrected chi connectivity index (χ1v) is 7.73. The van der Waals surface area contributed by atoms with Crippen molar-refractivity contribution in [2.24, 2.45) is 5.41 Å². The third-order valence-corrected chi connectivity index (χ3v) is 3.29. The molecule has 0 aliphatic rings.